The SMILES string of the molecule is CNCC1CCN(S(=O)(=O)c2cc(C(=O)OC)ccc2C)C1.Cl. The van der Waals surface area contributed by atoms with Gasteiger partial charge in [-0.2, -0.15) is 4.31 Å². The van der Waals surface area contributed by atoms with Gasteiger partial charge in [0.15, 0.2) is 0 Å². The fraction of sp³-hybridized carbons (Fsp3) is 0.533. The van der Waals surface area contributed by atoms with Crippen molar-refractivity contribution < 1.29 is 17.9 Å². The maximum absolute atomic E-state index is 12.8. The third kappa shape index (κ3) is 4.23. The van der Waals surface area contributed by atoms with Crippen molar-refractivity contribution in [2.75, 3.05) is 33.8 Å². The highest BCUT2D eigenvalue weighted by Crippen LogP contribution is 2.27. The minimum atomic E-state index is -3.59. The van der Waals surface area contributed by atoms with Gasteiger partial charge in [0.25, 0.3) is 0 Å². The van der Waals surface area contributed by atoms with Crippen molar-refractivity contribution >= 4 is 28.4 Å². The number of carbonyl (C=O) groups is 1. The third-order valence-corrected chi connectivity index (χ3v) is 5.98. The van der Waals surface area contributed by atoms with Crippen LogP contribution in [0.4, 0.5) is 0 Å². The Morgan fingerprint density at radius 1 is 1.43 bits per heavy atom. The van der Waals surface area contributed by atoms with Gasteiger partial charge in [-0.1, -0.05) is 6.07 Å². The molecule has 0 aliphatic carbocycles. The number of benzene rings is 1. The molecule has 1 N–H and O–H groups in total. The summed E-state index contributed by atoms with van der Waals surface area (Å²) in [5.74, 6) is -0.213. The molecule has 0 bridgehead atoms. The number of nitrogens with one attached hydrogen (secondary N) is 1. The Hall–Kier alpha value is -1.15. The molecule has 1 atom stereocenters. The monoisotopic (exact) mass is 362 g/mol. The van der Waals surface area contributed by atoms with Crippen molar-refractivity contribution in [2.45, 2.75) is 18.2 Å². The summed E-state index contributed by atoms with van der Waals surface area (Å²) in [7, 11) is -0.448. The molecule has 0 aromatic heterocycles. The number of hydrogen-bond acceptors (Lipinski definition) is 5. The Morgan fingerprint density at radius 2 is 2.13 bits per heavy atom. The molecule has 1 aliphatic rings. The molecular weight excluding hydrogens is 340 g/mol. The molecule has 1 saturated heterocycles. The van der Waals surface area contributed by atoms with E-state index in [1.54, 1.807) is 19.1 Å². The van der Waals surface area contributed by atoms with Gasteiger partial charge in [-0.3, -0.25) is 0 Å². The summed E-state index contributed by atoms with van der Waals surface area (Å²) in [4.78, 5) is 11.8. The van der Waals surface area contributed by atoms with Gasteiger partial charge in [-0.15, -0.1) is 12.4 Å². The Bertz CT molecular complexity index is 663. The Labute approximate surface area is 143 Å². The molecule has 0 radical (unpaired) electrons. The van der Waals surface area contributed by atoms with E-state index in [-0.39, 0.29) is 22.9 Å². The molecule has 1 fully saturated rings. The van der Waals surface area contributed by atoms with Crippen molar-refractivity contribution in [1.82, 2.24) is 9.62 Å². The van der Waals surface area contributed by atoms with Crippen LogP contribution in [0.1, 0.15) is 22.3 Å². The molecule has 0 saturated carbocycles. The predicted octanol–water partition coefficient (Wildman–Crippen LogP) is 1.43. The molecule has 23 heavy (non-hydrogen) atoms. The summed E-state index contributed by atoms with van der Waals surface area (Å²) in [6.07, 6.45) is 0.843. The summed E-state index contributed by atoms with van der Waals surface area (Å²) >= 11 is 0. The summed E-state index contributed by atoms with van der Waals surface area (Å²) in [5.41, 5.74) is 0.877. The largest absolute Gasteiger partial charge is 0.465 e. The molecule has 1 heterocycles. The quantitative estimate of drug-likeness (QED) is 0.802. The van der Waals surface area contributed by atoms with E-state index in [0.29, 0.717) is 24.6 Å². The van der Waals surface area contributed by atoms with Gasteiger partial charge in [0.1, 0.15) is 0 Å². The lowest BCUT2D eigenvalue weighted by Crippen LogP contribution is -2.31. The highest BCUT2D eigenvalue weighted by molar-refractivity contribution is 7.89. The molecule has 130 valence electrons. The fourth-order valence-electron chi connectivity index (χ4n) is 2.73. The lowest BCUT2D eigenvalue weighted by atomic mass is 10.1. The fourth-order valence-corrected chi connectivity index (χ4v) is 4.51. The average Bonchev–Trinajstić information content (AvgIpc) is 2.96. The number of nitrogens with zero attached hydrogens (tertiary/aromatic N) is 1. The van der Waals surface area contributed by atoms with E-state index in [1.165, 1.54) is 17.5 Å². The number of methoxy groups -OCH3 is 1. The summed E-state index contributed by atoms with van der Waals surface area (Å²) in [6, 6.07) is 4.62. The molecule has 0 amide bonds. The number of ether oxygens (including phenoxy) is 1. The van der Waals surface area contributed by atoms with E-state index < -0.39 is 16.0 Å². The van der Waals surface area contributed by atoms with E-state index in [2.05, 4.69) is 10.1 Å². The van der Waals surface area contributed by atoms with E-state index in [1.807, 2.05) is 7.05 Å². The topological polar surface area (TPSA) is 75.7 Å². The van der Waals surface area contributed by atoms with E-state index in [0.717, 1.165) is 13.0 Å². The standard InChI is InChI=1S/C15H22N2O4S.ClH/c1-11-4-5-13(15(18)21-3)8-14(11)22(19,20)17-7-6-12(10-17)9-16-2;/h4-5,8,12,16H,6-7,9-10H2,1-3H3;1H. The Balaban J connectivity index is 0.00000264. The third-order valence-electron chi connectivity index (χ3n) is 3.97. The maximum Gasteiger partial charge on any atom is 0.337 e. The summed E-state index contributed by atoms with van der Waals surface area (Å²) in [5, 5.41) is 3.08. The minimum Gasteiger partial charge on any atom is -0.465 e. The number of carbonyl (C=O) groups excluding carboxylic acids is 1. The van der Waals surface area contributed by atoms with E-state index in [9.17, 15) is 13.2 Å². The first-order chi connectivity index (χ1) is 10.4. The van der Waals surface area contributed by atoms with Crippen LogP contribution in [0.25, 0.3) is 0 Å². The first-order valence-electron chi connectivity index (χ1n) is 7.24. The van der Waals surface area contributed by atoms with Crippen molar-refractivity contribution in [1.29, 1.82) is 0 Å². The van der Waals surface area contributed by atoms with Crippen LogP contribution in [0.5, 0.6) is 0 Å². The first-order valence-corrected chi connectivity index (χ1v) is 8.68. The molecule has 8 heteroatoms. The highest BCUT2D eigenvalue weighted by atomic mass is 35.5. The smallest absolute Gasteiger partial charge is 0.337 e. The van der Waals surface area contributed by atoms with Crippen LogP contribution in [0.2, 0.25) is 0 Å². The molecule has 6 nitrogen and oxygen atoms in total. The molecule has 1 aliphatic heterocycles. The Kier molecular flexibility index (Phi) is 7.01. The Morgan fingerprint density at radius 3 is 2.74 bits per heavy atom. The number of sulfonamides is 1. The maximum atomic E-state index is 12.8. The van der Waals surface area contributed by atoms with Gasteiger partial charge >= 0.3 is 5.97 Å². The first kappa shape index (κ1) is 19.9. The minimum absolute atomic E-state index is 0. The molecule has 2 rings (SSSR count). The number of halogens is 1. The highest BCUT2D eigenvalue weighted by Gasteiger charge is 2.33. The number of aryl methyl sites for hydroxylation is 1. The molecule has 1 aromatic rings. The number of esters is 1. The van der Waals surface area contributed by atoms with E-state index in [4.69, 9.17) is 0 Å². The van der Waals surface area contributed by atoms with Crippen molar-refractivity contribution in [3.63, 3.8) is 0 Å². The van der Waals surface area contributed by atoms with Gasteiger partial charge < -0.3 is 10.1 Å². The predicted molar refractivity (Wildman–Crippen MR) is 90.6 cm³/mol. The lowest BCUT2D eigenvalue weighted by molar-refractivity contribution is 0.0600. The lowest BCUT2D eigenvalue weighted by Gasteiger charge is -2.18. The molecule has 0 spiro atoms. The van der Waals surface area contributed by atoms with Crippen molar-refractivity contribution in [3.8, 4) is 0 Å². The van der Waals surface area contributed by atoms with Gasteiger partial charge in [-0.25, -0.2) is 13.2 Å². The van der Waals surface area contributed by atoms with Crippen LogP contribution < -0.4 is 5.32 Å². The van der Waals surface area contributed by atoms with Crippen LogP contribution >= 0.6 is 12.4 Å². The van der Waals surface area contributed by atoms with Gasteiger partial charge in [-0.05, 0) is 50.6 Å². The van der Waals surface area contributed by atoms with Crippen LogP contribution in [-0.4, -0.2) is 52.5 Å². The normalized spacial score (nSPS) is 18.5. The second-order valence-corrected chi connectivity index (χ2v) is 7.45. The zero-order valence-corrected chi connectivity index (χ0v) is 15.2. The zero-order chi connectivity index (χ0) is 16.3. The van der Waals surface area contributed by atoms with Crippen LogP contribution in [0.3, 0.4) is 0 Å². The van der Waals surface area contributed by atoms with Crippen LogP contribution in [0, 0.1) is 12.8 Å². The van der Waals surface area contributed by atoms with Crippen LogP contribution in [0.15, 0.2) is 23.1 Å². The second-order valence-electron chi connectivity index (χ2n) is 5.55. The number of rotatable bonds is 5. The average molecular weight is 363 g/mol. The van der Waals surface area contributed by atoms with E-state index >= 15 is 0 Å². The summed E-state index contributed by atoms with van der Waals surface area (Å²) in [6.45, 7) is 3.55. The zero-order valence-electron chi connectivity index (χ0n) is 13.5. The molecule has 1 unspecified atom stereocenters. The molecule has 1 aromatic carbocycles. The van der Waals surface area contributed by atoms with Crippen molar-refractivity contribution in [2.24, 2.45) is 5.92 Å². The van der Waals surface area contributed by atoms with Gasteiger partial charge in [0, 0.05) is 13.1 Å². The summed E-state index contributed by atoms with van der Waals surface area (Å²) < 4.78 is 31.8. The van der Waals surface area contributed by atoms with Gasteiger partial charge in [0.2, 0.25) is 10.0 Å². The second kappa shape index (κ2) is 8.10. The van der Waals surface area contributed by atoms with Crippen LogP contribution in [-0.2, 0) is 14.8 Å². The molecular formula is C15H23ClN2O4S. The van der Waals surface area contributed by atoms with Gasteiger partial charge in [0.05, 0.1) is 17.6 Å². The number of hydrogen-bond donors (Lipinski definition) is 1. The van der Waals surface area contributed by atoms with Crippen molar-refractivity contribution in [3.05, 3.63) is 29.3 Å².